The SMILES string of the molecule is Cc1cc(F)c(Br)cc1NC(=O)c1ccc(Cl)c(Br)c1. The van der Waals surface area contributed by atoms with E-state index in [4.69, 9.17) is 11.6 Å². The maximum Gasteiger partial charge on any atom is 0.255 e. The van der Waals surface area contributed by atoms with Crippen molar-refractivity contribution in [3.8, 4) is 0 Å². The van der Waals surface area contributed by atoms with Crippen LogP contribution in [-0.4, -0.2) is 5.91 Å². The number of nitrogens with one attached hydrogen (secondary N) is 1. The molecule has 0 saturated carbocycles. The smallest absolute Gasteiger partial charge is 0.255 e. The zero-order valence-corrected chi connectivity index (χ0v) is 14.2. The summed E-state index contributed by atoms with van der Waals surface area (Å²) in [5.74, 6) is -0.654. The molecule has 1 amide bonds. The Morgan fingerprint density at radius 3 is 2.55 bits per heavy atom. The summed E-state index contributed by atoms with van der Waals surface area (Å²) in [7, 11) is 0. The first kappa shape index (κ1) is 15.5. The minimum absolute atomic E-state index is 0.288. The maximum absolute atomic E-state index is 13.3. The van der Waals surface area contributed by atoms with E-state index in [1.54, 1.807) is 25.1 Å². The number of rotatable bonds is 2. The van der Waals surface area contributed by atoms with Crippen molar-refractivity contribution in [2.75, 3.05) is 5.32 Å². The highest BCUT2D eigenvalue weighted by Crippen LogP contribution is 2.26. The second kappa shape index (κ2) is 6.24. The van der Waals surface area contributed by atoms with E-state index in [1.807, 2.05) is 0 Å². The van der Waals surface area contributed by atoms with Crippen molar-refractivity contribution in [1.82, 2.24) is 0 Å². The minimum atomic E-state index is -0.366. The number of anilines is 1. The summed E-state index contributed by atoms with van der Waals surface area (Å²) < 4.78 is 14.3. The van der Waals surface area contributed by atoms with Gasteiger partial charge in [-0.1, -0.05) is 11.6 Å². The molecule has 0 saturated heterocycles. The molecule has 2 aromatic carbocycles. The fraction of sp³-hybridized carbons (Fsp3) is 0.0714. The minimum Gasteiger partial charge on any atom is -0.322 e. The van der Waals surface area contributed by atoms with Crippen LogP contribution in [0.25, 0.3) is 0 Å². The van der Waals surface area contributed by atoms with E-state index in [1.165, 1.54) is 12.1 Å². The Morgan fingerprint density at radius 1 is 1.20 bits per heavy atom. The highest BCUT2D eigenvalue weighted by molar-refractivity contribution is 9.10. The zero-order chi connectivity index (χ0) is 14.9. The highest BCUT2D eigenvalue weighted by atomic mass is 79.9. The number of benzene rings is 2. The Balaban J connectivity index is 2.27. The Labute approximate surface area is 137 Å². The van der Waals surface area contributed by atoms with Crippen LogP contribution < -0.4 is 5.32 Å². The van der Waals surface area contributed by atoms with Crippen molar-refractivity contribution in [2.24, 2.45) is 0 Å². The predicted molar refractivity (Wildman–Crippen MR) is 85.9 cm³/mol. The topological polar surface area (TPSA) is 29.1 Å². The van der Waals surface area contributed by atoms with E-state index in [0.29, 0.717) is 30.8 Å². The standard InChI is InChI=1S/C14H9Br2ClFNO/c1-7-4-12(18)10(16)6-13(7)19-14(20)8-2-3-11(17)9(15)5-8/h2-6H,1H3,(H,19,20). The van der Waals surface area contributed by atoms with Crippen molar-refractivity contribution < 1.29 is 9.18 Å². The van der Waals surface area contributed by atoms with Gasteiger partial charge < -0.3 is 5.32 Å². The van der Waals surface area contributed by atoms with Crippen LogP contribution in [-0.2, 0) is 0 Å². The zero-order valence-electron chi connectivity index (χ0n) is 10.3. The largest absolute Gasteiger partial charge is 0.322 e. The number of carbonyl (C=O) groups excluding carboxylic acids is 1. The Kier molecular flexibility index (Phi) is 4.83. The molecule has 0 spiro atoms. The van der Waals surface area contributed by atoms with Gasteiger partial charge in [0.25, 0.3) is 5.91 Å². The molecule has 2 nitrogen and oxygen atoms in total. The number of hydrogen-bond acceptors (Lipinski definition) is 1. The van der Waals surface area contributed by atoms with Gasteiger partial charge in [0, 0.05) is 15.7 Å². The average Bonchev–Trinajstić information content (AvgIpc) is 2.39. The van der Waals surface area contributed by atoms with E-state index in [-0.39, 0.29) is 11.7 Å². The van der Waals surface area contributed by atoms with Gasteiger partial charge in [-0.25, -0.2) is 4.39 Å². The van der Waals surface area contributed by atoms with E-state index < -0.39 is 0 Å². The summed E-state index contributed by atoms with van der Waals surface area (Å²) in [6, 6.07) is 7.78. The van der Waals surface area contributed by atoms with Crippen molar-refractivity contribution in [3.63, 3.8) is 0 Å². The van der Waals surface area contributed by atoms with Gasteiger partial charge in [0.2, 0.25) is 0 Å². The van der Waals surface area contributed by atoms with Gasteiger partial charge in [-0.3, -0.25) is 4.79 Å². The molecular formula is C14H9Br2ClFNO. The van der Waals surface area contributed by atoms with Crippen LogP contribution in [0.4, 0.5) is 10.1 Å². The van der Waals surface area contributed by atoms with E-state index >= 15 is 0 Å². The summed E-state index contributed by atoms with van der Waals surface area (Å²) >= 11 is 12.2. The summed E-state index contributed by atoms with van der Waals surface area (Å²) in [6.45, 7) is 1.73. The molecule has 0 radical (unpaired) electrons. The van der Waals surface area contributed by atoms with Crippen LogP contribution in [0.2, 0.25) is 5.02 Å². The van der Waals surface area contributed by atoms with Crippen molar-refractivity contribution in [3.05, 3.63) is 61.2 Å². The second-order valence-electron chi connectivity index (χ2n) is 4.16. The van der Waals surface area contributed by atoms with Gasteiger partial charge in [-0.15, -0.1) is 0 Å². The number of halogens is 4. The van der Waals surface area contributed by atoms with Crippen molar-refractivity contribution >= 4 is 55.1 Å². The van der Waals surface area contributed by atoms with Crippen LogP contribution in [0.3, 0.4) is 0 Å². The first-order chi connectivity index (χ1) is 9.38. The lowest BCUT2D eigenvalue weighted by Crippen LogP contribution is -2.13. The lowest BCUT2D eigenvalue weighted by atomic mass is 10.1. The first-order valence-electron chi connectivity index (χ1n) is 5.60. The average molecular weight is 421 g/mol. The van der Waals surface area contributed by atoms with Gasteiger partial charge in [0.05, 0.1) is 9.50 Å². The molecule has 0 aliphatic carbocycles. The maximum atomic E-state index is 13.3. The molecule has 20 heavy (non-hydrogen) atoms. The molecule has 2 aromatic rings. The normalized spacial score (nSPS) is 10.4. The van der Waals surface area contributed by atoms with Crippen LogP contribution >= 0.6 is 43.5 Å². The fourth-order valence-corrected chi connectivity index (χ4v) is 2.45. The molecule has 0 aliphatic heterocycles. The highest BCUT2D eigenvalue weighted by Gasteiger charge is 2.11. The third-order valence-corrected chi connectivity index (χ3v) is 4.52. The van der Waals surface area contributed by atoms with Gasteiger partial charge in [0.15, 0.2) is 0 Å². The van der Waals surface area contributed by atoms with Crippen molar-refractivity contribution in [1.29, 1.82) is 0 Å². The van der Waals surface area contributed by atoms with Crippen LogP contribution in [0, 0.1) is 12.7 Å². The van der Waals surface area contributed by atoms with E-state index in [0.717, 1.165) is 0 Å². The second-order valence-corrected chi connectivity index (χ2v) is 6.28. The van der Waals surface area contributed by atoms with E-state index in [2.05, 4.69) is 37.2 Å². The summed E-state index contributed by atoms with van der Waals surface area (Å²) in [4.78, 5) is 12.1. The predicted octanol–water partition coefficient (Wildman–Crippen LogP) is 5.56. The molecule has 0 unspecified atom stereocenters. The number of carbonyl (C=O) groups is 1. The number of aryl methyl sites for hydroxylation is 1. The number of amides is 1. The fourth-order valence-electron chi connectivity index (χ4n) is 1.61. The molecule has 1 N–H and O–H groups in total. The molecule has 0 bridgehead atoms. The van der Waals surface area contributed by atoms with Gasteiger partial charge >= 0.3 is 0 Å². The Morgan fingerprint density at radius 2 is 1.90 bits per heavy atom. The van der Waals surface area contributed by atoms with E-state index in [9.17, 15) is 9.18 Å². The van der Waals surface area contributed by atoms with Crippen LogP contribution in [0.5, 0.6) is 0 Å². The Bertz CT molecular complexity index is 691. The number of hydrogen-bond donors (Lipinski definition) is 1. The third kappa shape index (κ3) is 3.40. The van der Waals surface area contributed by atoms with Gasteiger partial charge in [0.1, 0.15) is 5.82 Å². The van der Waals surface area contributed by atoms with Crippen LogP contribution in [0.1, 0.15) is 15.9 Å². The third-order valence-electron chi connectivity index (χ3n) is 2.70. The van der Waals surface area contributed by atoms with Gasteiger partial charge in [-0.05, 0) is 74.7 Å². The molecule has 0 aliphatic rings. The summed E-state index contributed by atoms with van der Waals surface area (Å²) in [5, 5.41) is 3.27. The molecule has 0 atom stereocenters. The molecular weight excluding hydrogens is 412 g/mol. The lowest BCUT2D eigenvalue weighted by Gasteiger charge is -2.10. The quantitative estimate of drug-likeness (QED) is 0.675. The molecule has 104 valence electrons. The monoisotopic (exact) mass is 419 g/mol. The lowest BCUT2D eigenvalue weighted by molar-refractivity contribution is 0.102. The van der Waals surface area contributed by atoms with Crippen LogP contribution in [0.15, 0.2) is 39.3 Å². The molecule has 6 heteroatoms. The molecule has 0 heterocycles. The summed E-state index contributed by atoms with van der Waals surface area (Å²) in [6.07, 6.45) is 0. The van der Waals surface area contributed by atoms with Gasteiger partial charge in [-0.2, -0.15) is 0 Å². The first-order valence-corrected chi connectivity index (χ1v) is 7.57. The molecule has 0 fully saturated rings. The van der Waals surface area contributed by atoms with Crippen molar-refractivity contribution in [2.45, 2.75) is 6.92 Å². The molecule has 2 rings (SSSR count). The summed E-state index contributed by atoms with van der Waals surface area (Å²) in [5.41, 5.74) is 1.66. The Hall–Kier alpha value is -0.910. The molecule has 0 aromatic heterocycles.